The molecule has 0 unspecified atom stereocenters. The first-order valence-electron chi connectivity index (χ1n) is 5.84. The SMILES string of the molecule is CCc1cc(CCCCC#N)ccc1OC. The van der Waals surface area contributed by atoms with Gasteiger partial charge in [-0.3, -0.25) is 0 Å². The minimum Gasteiger partial charge on any atom is -0.496 e. The highest BCUT2D eigenvalue weighted by Crippen LogP contribution is 2.21. The van der Waals surface area contributed by atoms with Crippen LogP contribution in [0.2, 0.25) is 0 Å². The van der Waals surface area contributed by atoms with Gasteiger partial charge in [-0.15, -0.1) is 0 Å². The van der Waals surface area contributed by atoms with Crippen LogP contribution in [0.25, 0.3) is 0 Å². The monoisotopic (exact) mass is 217 g/mol. The second-order valence-electron chi connectivity index (χ2n) is 3.86. The lowest BCUT2D eigenvalue weighted by Crippen LogP contribution is -1.93. The molecule has 0 saturated carbocycles. The first-order valence-corrected chi connectivity index (χ1v) is 5.84. The molecule has 0 aliphatic rings. The van der Waals surface area contributed by atoms with Gasteiger partial charge >= 0.3 is 0 Å². The summed E-state index contributed by atoms with van der Waals surface area (Å²) in [6.07, 6.45) is 4.79. The van der Waals surface area contributed by atoms with Crippen LogP contribution < -0.4 is 4.74 Å². The Hall–Kier alpha value is -1.49. The largest absolute Gasteiger partial charge is 0.496 e. The summed E-state index contributed by atoms with van der Waals surface area (Å²) in [7, 11) is 1.71. The van der Waals surface area contributed by atoms with Gasteiger partial charge in [0, 0.05) is 6.42 Å². The van der Waals surface area contributed by atoms with Gasteiger partial charge in [-0.25, -0.2) is 0 Å². The molecule has 0 saturated heterocycles. The predicted molar refractivity (Wildman–Crippen MR) is 65.5 cm³/mol. The lowest BCUT2D eigenvalue weighted by molar-refractivity contribution is 0.410. The molecule has 0 amide bonds. The van der Waals surface area contributed by atoms with E-state index in [0.29, 0.717) is 6.42 Å². The third-order valence-electron chi connectivity index (χ3n) is 2.73. The van der Waals surface area contributed by atoms with Gasteiger partial charge in [0.1, 0.15) is 5.75 Å². The van der Waals surface area contributed by atoms with Crippen molar-refractivity contribution in [1.29, 1.82) is 5.26 Å². The highest BCUT2D eigenvalue weighted by Gasteiger charge is 2.02. The fourth-order valence-corrected chi connectivity index (χ4v) is 1.80. The molecule has 0 radical (unpaired) electrons. The molecule has 1 rings (SSSR count). The molecule has 16 heavy (non-hydrogen) atoms. The third kappa shape index (κ3) is 3.58. The number of unbranched alkanes of at least 4 members (excludes halogenated alkanes) is 2. The lowest BCUT2D eigenvalue weighted by Gasteiger charge is -2.08. The van der Waals surface area contributed by atoms with E-state index in [2.05, 4.69) is 25.1 Å². The van der Waals surface area contributed by atoms with Crippen LogP contribution in [0.15, 0.2) is 18.2 Å². The van der Waals surface area contributed by atoms with Crippen molar-refractivity contribution in [3.05, 3.63) is 29.3 Å². The zero-order valence-electron chi connectivity index (χ0n) is 10.1. The molecule has 0 atom stereocenters. The standard InChI is InChI=1S/C14H19NO/c1-3-13-11-12(7-5-4-6-10-15)8-9-14(13)16-2/h8-9,11H,3-7H2,1-2H3. The Kier molecular flexibility index (Phi) is 5.42. The van der Waals surface area contributed by atoms with Crippen LogP contribution in [0.3, 0.4) is 0 Å². The van der Waals surface area contributed by atoms with E-state index in [1.165, 1.54) is 11.1 Å². The quantitative estimate of drug-likeness (QED) is 0.683. The lowest BCUT2D eigenvalue weighted by atomic mass is 10.0. The molecule has 0 fully saturated rings. The number of hydrogen-bond donors (Lipinski definition) is 0. The average Bonchev–Trinajstić information content (AvgIpc) is 2.34. The maximum Gasteiger partial charge on any atom is 0.122 e. The van der Waals surface area contributed by atoms with Gasteiger partial charge in [0.25, 0.3) is 0 Å². The molecule has 0 aliphatic heterocycles. The van der Waals surface area contributed by atoms with Gasteiger partial charge in [0.2, 0.25) is 0 Å². The smallest absolute Gasteiger partial charge is 0.122 e. The van der Waals surface area contributed by atoms with Crippen molar-refractivity contribution in [1.82, 2.24) is 0 Å². The second-order valence-corrected chi connectivity index (χ2v) is 3.86. The van der Waals surface area contributed by atoms with Gasteiger partial charge in [-0.1, -0.05) is 19.1 Å². The Labute approximate surface area is 97.9 Å². The van der Waals surface area contributed by atoms with E-state index >= 15 is 0 Å². The van der Waals surface area contributed by atoms with E-state index < -0.39 is 0 Å². The average molecular weight is 217 g/mol. The number of aryl methyl sites for hydroxylation is 2. The minimum atomic E-state index is 0.663. The van der Waals surface area contributed by atoms with Gasteiger partial charge in [-0.2, -0.15) is 5.26 Å². The van der Waals surface area contributed by atoms with Gasteiger partial charge in [0.05, 0.1) is 13.2 Å². The van der Waals surface area contributed by atoms with Crippen molar-refractivity contribution in [2.75, 3.05) is 7.11 Å². The zero-order valence-corrected chi connectivity index (χ0v) is 10.1. The Morgan fingerprint density at radius 1 is 1.31 bits per heavy atom. The van der Waals surface area contributed by atoms with E-state index in [-0.39, 0.29) is 0 Å². The van der Waals surface area contributed by atoms with Crippen LogP contribution in [-0.2, 0) is 12.8 Å². The molecule has 0 heterocycles. The minimum absolute atomic E-state index is 0.663. The van der Waals surface area contributed by atoms with Gasteiger partial charge in [0.15, 0.2) is 0 Å². The number of rotatable bonds is 6. The van der Waals surface area contributed by atoms with Crippen LogP contribution in [0.1, 0.15) is 37.3 Å². The van der Waals surface area contributed by atoms with Crippen LogP contribution >= 0.6 is 0 Å². The molecular formula is C14H19NO. The van der Waals surface area contributed by atoms with Crippen molar-refractivity contribution in [3.8, 4) is 11.8 Å². The topological polar surface area (TPSA) is 33.0 Å². The molecule has 0 N–H and O–H groups in total. The molecule has 0 spiro atoms. The van der Waals surface area contributed by atoms with Crippen molar-refractivity contribution in [2.45, 2.75) is 39.0 Å². The van der Waals surface area contributed by atoms with E-state index in [9.17, 15) is 0 Å². The second kappa shape index (κ2) is 6.90. The summed E-state index contributed by atoms with van der Waals surface area (Å²) >= 11 is 0. The number of nitrogens with zero attached hydrogens (tertiary/aromatic N) is 1. The molecule has 2 heteroatoms. The normalized spacial score (nSPS) is 9.81. The third-order valence-corrected chi connectivity index (χ3v) is 2.73. The van der Waals surface area contributed by atoms with Crippen molar-refractivity contribution in [2.24, 2.45) is 0 Å². The highest BCUT2D eigenvalue weighted by atomic mass is 16.5. The maximum absolute atomic E-state index is 8.45. The molecule has 1 aromatic rings. The van der Waals surface area contributed by atoms with E-state index in [0.717, 1.165) is 31.4 Å². The summed E-state index contributed by atoms with van der Waals surface area (Å²) in [5, 5.41) is 8.45. The van der Waals surface area contributed by atoms with Crippen molar-refractivity contribution < 1.29 is 4.74 Å². The van der Waals surface area contributed by atoms with Gasteiger partial charge in [-0.05, 0) is 42.9 Å². The Morgan fingerprint density at radius 2 is 2.12 bits per heavy atom. The number of hydrogen-bond acceptors (Lipinski definition) is 2. The Balaban J connectivity index is 2.58. The van der Waals surface area contributed by atoms with Crippen LogP contribution in [0, 0.1) is 11.3 Å². The summed E-state index contributed by atoms with van der Waals surface area (Å²) in [6.45, 7) is 2.14. The van der Waals surface area contributed by atoms with E-state index in [1.807, 2.05) is 6.07 Å². The van der Waals surface area contributed by atoms with Crippen LogP contribution in [0.4, 0.5) is 0 Å². The number of ether oxygens (including phenoxy) is 1. The predicted octanol–water partition coefficient (Wildman–Crippen LogP) is 3.49. The summed E-state index contributed by atoms with van der Waals surface area (Å²) < 4.78 is 5.29. The molecule has 0 bridgehead atoms. The molecule has 0 aliphatic carbocycles. The first kappa shape index (κ1) is 12.6. The Bertz CT molecular complexity index is 365. The van der Waals surface area contributed by atoms with Crippen LogP contribution in [-0.4, -0.2) is 7.11 Å². The molecular weight excluding hydrogens is 198 g/mol. The maximum atomic E-state index is 8.45. The van der Waals surface area contributed by atoms with Crippen molar-refractivity contribution in [3.63, 3.8) is 0 Å². The molecule has 0 aromatic heterocycles. The molecule has 2 nitrogen and oxygen atoms in total. The number of nitriles is 1. The summed E-state index contributed by atoms with van der Waals surface area (Å²) in [4.78, 5) is 0. The van der Waals surface area contributed by atoms with E-state index in [4.69, 9.17) is 10.00 Å². The highest BCUT2D eigenvalue weighted by molar-refractivity contribution is 5.37. The van der Waals surface area contributed by atoms with Gasteiger partial charge < -0.3 is 4.74 Å². The summed E-state index contributed by atoms with van der Waals surface area (Å²) in [5.74, 6) is 0.975. The fourth-order valence-electron chi connectivity index (χ4n) is 1.80. The van der Waals surface area contributed by atoms with E-state index in [1.54, 1.807) is 7.11 Å². The summed E-state index contributed by atoms with van der Waals surface area (Å²) in [5.41, 5.74) is 2.61. The number of methoxy groups -OCH3 is 1. The molecule has 86 valence electrons. The first-order chi connectivity index (χ1) is 7.81. The Morgan fingerprint density at radius 3 is 2.75 bits per heavy atom. The summed E-state index contributed by atoms with van der Waals surface area (Å²) in [6, 6.07) is 8.54. The number of benzene rings is 1. The van der Waals surface area contributed by atoms with Crippen LogP contribution in [0.5, 0.6) is 5.75 Å². The fraction of sp³-hybridized carbons (Fsp3) is 0.500. The van der Waals surface area contributed by atoms with Crippen molar-refractivity contribution >= 4 is 0 Å². The molecule has 1 aromatic carbocycles. The zero-order chi connectivity index (χ0) is 11.8.